The Hall–Kier alpha value is -2.57. The quantitative estimate of drug-likeness (QED) is 0.436. The van der Waals surface area contributed by atoms with E-state index in [-0.39, 0.29) is 11.4 Å². The number of ether oxygens (including phenoxy) is 1. The van der Waals surface area contributed by atoms with Gasteiger partial charge in [0.2, 0.25) is 0 Å². The van der Waals surface area contributed by atoms with Crippen LogP contribution in [0.4, 0.5) is 18.9 Å². The van der Waals surface area contributed by atoms with E-state index < -0.39 is 11.3 Å². The molecule has 2 aromatic carbocycles. The molecule has 0 aromatic heterocycles. The summed E-state index contributed by atoms with van der Waals surface area (Å²) in [4.78, 5) is 10.8. The van der Waals surface area contributed by atoms with Gasteiger partial charge < -0.3 is 4.74 Å². The molecule has 0 N–H and O–H groups in total. The van der Waals surface area contributed by atoms with E-state index in [1.807, 2.05) is 0 Å². The van der Waals surface area contributed by atoms with Crippen molar-refractivity contribution in [2.24, 2.45) is 5.92 Å². The number of nitro benzene ring substituents is 1. The predicted octanol–water partition coefficient (Wildman–Crippen LogP) is 6.14. The molecular formula is C19H20F3NO3. The molecule has 2 rings (SSSR count). The monoisotopic (exact) mass is 367 g/mol. The van der Waals surface area contributed by atoms with Gasteiger partial charge in [0.1, 0.15) is 5.75 Å². The molecular weight excluding hydrogens is 347 g/mol. The highest BCUT2D eigenvalue weighted by Crippen LogP contribution is 2.33. The third-order valence-corrected chi connectivity index (χ3v) is 4.34. The van der Waals surface area contributed by atoms with Gasteiger partial charge in [-0.2, -0.15) is 0 Å². The molecule has 0 bridgehead atoms. The van der Waals surface area contributed by atoms with Crippen LogP contribution in [-0.2, 0) is 6.42 Å². The largest absolute Gasteiger partial charge is 0.573 e. The average Bonchev–Trinajstić information content (AvgIpc) is 2.58. The van der Waals surface area contributed by atoms with Crippen LogP contribution in [0.25, 0.3) is 11.1 Å². The van der Waals surface area contributed by atoms with Crippen LogP contribution in [-0.4, -0.2) is 11.3 Å². The molecule has 0 saturated carbocycles. The molecule has 0 aliphatic heterocycles. The van der Waals surface area contributed by atoms with Gasteiger partial charge in [0, 0.05) is 6.07 Å². The lowest BCUT2D eigenvalue weighted by Gasteiger charge is -2.14. The first-order valence-electron chi connectivity index (χ1n) is 8.37. The summed E-state index contributed by atoms with van der Waals surface area (Å²) in [6.45, 7) is 4.19. The van der Waals surface area contributed by atoms with Crippen molar-refractivity contribution in [1.29, 1.82) is 0 Å². The Morgan fingerprint density at radius 2 is 1.69 bits per heavy atom. The van der Waals surface area contributed by atoms with E-state index in [0.717, 1.165) is 37.0 Å². The first-order chi connectivity index (χ1) is 12.2. The summed E-state index contributed by atoms with van der Waals surface area (Å²) in [6.07, 6.45) is -1.96. The number of benzene rings is 2. The zero-order valence-corrected chi connectivity index (χ0v) is 14.5. The average molecular weight is 367 g/mol. The molecule has 0 unspecified atom stereocenters. The van der Waals surface area contributed by atoms with Gasteiger partial charge in [-0.25, -0.2) is 0 Å². The summed E-state index contributed by atoms with van der Waals surface area (Å²) < 4.78 is 40.6. The van der Waals surface area contributed by atoms with Crippen LogP contribution in [0.15, 0.2) is 42.5 Å². The number of hydrogen-bond donors (Lipinski definition) is 0. The van der Waals surface area contributed by atoms with Gasteiger partial charge in [-0.05, 0) is 41.7 Å². The Labute approximate surface area is 149 Å². The van der Waals surface area contributed by atoms with Crippen LogP contribution in [0.5, 0.6) is 5.75 Å². The minimum absolute atomic E-state index is 0.0808. The van der Waals surface area contributed by atoms with Crippen molar-refractivity contribution in [1.82, 2.24) is 0 Å². The first kappa shape index (κ1) is 19.8. The fraction of sp³-hybridized carbons (Fsp3) is 0.368. The highest BCUT2D eigenvalue weighted by atomic mass is 19.4. The first-order valence-corrected chi connectivity index (χ1v) is 8.37. The van der Waals surface area contributed by atoms with E-state index in [1.54, 1.807) is 12.1 Å². The molecule has 0 aliphatic rings. The number of halogens is 3. The fourth-order valence-electron chi connectivity index (χ4n) is 2.85. The van der Waals surface area contributed by atoms with Crippen molar-refractivity contribution in [2.75, 3.05) is 0 Å². The summed E-state index contributed by atoms with van der Waals surface area (Å²) >= 11 is 0. The molecule has 0 saturated heterocycles. The minimum Gasteiger partial charge on any atom is -0.406 e. The van der Waals surface area contributed by atoms with Crippen molar-refractivity contribution in [3.05, 3.63) is 58.1 Å². The molecule has 4 nitrogen and oxygen atoms in total. The number of nitrogens with zero attached hydrogens (tertiary/aromatic N) is 1. The number of alkyl halides is 3. The van der Waals surface area contributed by atoms with Crippen LogP contribution < -0.4 is 4.74 Å². The highest BCUT2D eigenvalue weighted by Gasteiger charge is 2.31. The smallest absolute Gasteiger partial charge is 0.406 e. The van der Waals surface area contributed by atoms with Gasteiger partial charge in [-0.1, -0.05) is 44.9 Å². The van der Waals surface area contributed by atoms with Crippen LogP contribution in [0.3, 0.4) is 0 Å². The molecule has 0 fully saturated rings. The molecule has 26 heavy (non-hydrogen) atoms. The number of rotatable bonds is 7. The summed E-state index contributed by atoms with van der Waals surface area (Å²) in [5.41, 5.74) is 1.74. The third kappa shape index (κ3) is 5.21. The van der Waals surface area contributed by atoms with Crippen molar-refractivity contribution >= 4 is 5.69 Å². The topological polar surface area (TPSA) is 52.4 Å². The molecule has 0 aliphatic carbocycles. The van der Waals surface area contributed by atoms with E-state index in [9.17, 15) is 23.3 Å². The van der Waals surface area contributed by atoms with E-state index in [4.69, 9.17) is 0 Å². The molecule has 140 valence electrons. The van der Waals surface area contributed by atoms with Gasteiger partial charge in [-0.15, -0.1) is 13.2 Å². The molecule has 0 heterocycles. The third-order valence-electron chi connectivity index (χ3n) is 4.34. The lowest BCUT2D eigenvalue weighted by atomic mass is 9.92. The maximum absolute atomic E-state index is 12.3. The fourth-order valence-corrected chi connectivity index (χ4v) is 2.85. The summed E-state index contributed by atoms with van der Waals surface area (Å²) in [7, 11) is 0. The molecule has 0 spiro atoms. The van der Waals surface area contributed by atoms with Crippen LogP contribution in [0.2, 0.25) is 0 Å². The number of hydrogen-bond acceptors (Lipinski definition) is 3. The molecule has 0 amide bonds. The SMILES string of the molecule is CCC(CC)Cc1ccc([N+](=O)[O-])c(-c2ccc(OC(F)(F)F)cc2)c1. The van der Waals surface area contributed by atoms with E-state index in [2.05, 4.69) is 18.6 Å². The lowest BCUT2D eigenvalue weighted by molar-refractivity contribution is -0.384. The summed E-state index contributed by atoms with van der Waals surface area (Å²) in [5, 5.41) is 11.3. The molecule has 7 heteroatoms. The van der Waals surface area contributed by atoms with Crippen LogP contribution in [0.1, 0.15) is 32.3 Å². The van der Waals surface area contributed by atoms with Crippen LogP contribution in [0, 0.1) is 16.0 Å². The Morgan fingerprint density at radius 3 is 2.19 bits per heavy atom. The Balaban J connectivity index is 2.37. The van der Waals surface area contributed by atoms with Gasteiger partial charge in [-0.3, -0.25) is 10.1 Å². The maximum atomic E-state index is 12.3. The second-order valence-corrected chi connectivity index (χ2v) is 6.07. The molecule has 2 aromatic rings. The normalized spacial score (nSPS) is 11.6. The van der Waals surface area contributed by atoms with Gasteiger partial charge in [0.15, 0.2) is 0 Å². The van der Waals surface area contributed by atoms with Crippen molar-refractivity contribution in [3.63, 3.8) is 0 Å². The standard InChI is InChI=1S/C19H20F3NO3/c1-3-13(4-2)11-14-5-10-18(23(24)25)17(12-14)15-6-8-16(9-7-15)26-19(20,21)22/h5-10,12-13H,3-4,11H2,1-2H3. The van der Waals surface area contributed by atoms with E-state index in [0.29, 0.717) is 17.0 Å². The van der Waals surface area contributed by atoms with Crippen molar-refractivity contribution in [3.8, 4) is 16.9 Å². The van der Waals surface area contributed by atoms with Gasteiger partial charge >= 0.3 is 6.36 Å². The number of nitro groups is 1. The minimum atomic E-state index is -4.78. The van der Waals surface area contributed by atoms with E-state index >= 15 is 0 Å². The second-order valence-electron chi connectivity index (χ2n) is 6.07. The van der Waals surface area contributed by atoms with Crippen molar-refractivity contribution in [2.45, 2.75) is 39.5 Å². The molecule has 0 radical (unpaired) electrons. The maximum Gasteiger partial charge on any atom is 0.573 e. The summed E-state index contributed by atoms with van der Waals surface area (Å²) in [6, 6.07) is 10.0. The van der Waals surface area contributed by atoms with Gasteiger partial charge in [0.25, 0.3) is 5.69 Å². The second kappa shape index (κ2) is 8.21. The predicted molar refractivity (Wildman–Crippen MR) is 93.0 cm³/mol. The van der Waals surface area contributed by atoms with E-state index in [1.165, 1.54) is 18.2 Å². The van der Waals surface area contributed by atoms with Crippen LogP contribution >= 0.6 is 0 Å². The summed E-state index contributed by atoms with van der Waals surface area (Å²) in [5.74, 6) is 0.115. The lowest BCUT2D eigenvalue weighted by Crippen LogP contribution is -2.16. The molecule has 0 atom stereocenters. The van der Waals surface area contributed by atoms with Gasteiger partial charge in [0.05, 0.1) is 10.5 Å². The Morgan fingerprint density at radius 1 is 1.08 bits per heavy atom. The Bertz CT molecular complexity index is 754. The Kier molecular flexibility index (Phi) is 6.23. The zero-order chi connectivity index (χ0) is 19.3. The zero-order valence-electron chi connectivity index (χ0n) is 14.5. The van der Waals surface area contributed by atoms with Crippen molar-refractivity contribution < 1.29 is 22.8 Å². The highest BCUT2D eigenvalue weighted by molar-refractivity contribution is 5.74.